The number of nitrogens with zero attached hydrogens (tertiary/aromatic N) is 3. The van der Waals surface area contributed by atoms with Crippen LogP contribution in [0.2, 0.25) is 0 Å². The molecule has 0 bridgehead atoms. The Labute approximate surface area is 121 Å². The second kappa shape index (κ2) is 6.67. The Bertz CT molecular complexity index is 478. The van der Waals surface area contributed by atoms with Crippen molar-refractivity contribution < 1.29 is 4.79 Å². The van der Waals surface area contributed by atoms with Crippen molar-refractivity contribution in [2.45, 2.75) is 19.3 Å². The summed E-state index contributed by atoms with van der Waals surface area (Å²) in [5, 5.41) is 9.70. The minimum Gasteiger partial charge on any atom is -0.337 e. The number of alkyl halides is 1. The summed E-state index contributed by atoms with van der Waals surface area (Å²) in [5.74, 6) is 0.555. The molecular weight excluding hydrogens is 306 g/mol. The maximum absolute atomic E-state index is 12.3. The monoisotopic (exact) mass is 321 g/mol. The number of hydrogen-bond donors (Lipinski definition) is 0. The number of nitriles is 1. The predicted molar refractivity (Wildman–Crippen MR) is 76.0 cm³/mol. The van der Waals surface area contributed by atoms with Gasteiger partial charge in [-0.05, 0) is 37.3 Å². The number of pyridine rings is 1. The van der Waals surface area contributed by atoms with Crippen LogP contribution in [0.1, 0.15) is 35.3 Å². The Morgan fingerprint density at radius 3 is 3.05 bits per heavy atom. The molecule has 1 saturated heterocycles. The van der Waals surface area contributed by atoms with Crippen molar-refractivity contribution >= 4 is 21.8 Å². The number of hydrogen-bond acceptors (Lipinski definition) is 3. The third kappa shape index (κ3) is 3.54. The normalized spacial score (nSPS) is 18.9. The number of piperidine rings is 1. The van der Waals surface area contributed by atoms with Gasteiger partial charge in [-0.3, -0.25) is 4.79 Å². The quantitative estimate of drug-likeness (QED) is 0.804. The third-order valence-electron chi connectivity index (χ3n) is 3.44. The molecule has 0 saturated carbocycles. The Morgan fingerprint density at radius 1 is 1.58 bits per heavy atom. The van der Waals surface area contributed by atoms with E-state index in [4.69, 9.17) is 5.26 Å². The van der Waals surface area contributed by atoms with Crippen molar-refractivity contribution in [3.63, 3.8) is 0 Å². The highest BCUT2D eigenvalue weighted by atomic mass is 79.9. The van der Waals surface area contributed by atoms with Crippen molar-refractivity contribution in [1.29, 1.82) is 5.26 Å². The topological polar surface area (TPSA) is 57.0 Å². The maximum atomic E-state index is 12.3. The molecule has 19 heavy (non-hydrogen) atoms. The summed E-state index contributed by atoms with van der Waals surface area (Å²) in [5.41, 5.74) is 0.908. The standard InChI is InChI=1S/C14H16BrN3O/c15-6-5-11-2-1-7-18(10-11)14(19)13-4-3-12(8-16)9-17-13/h3-4,9,11H,1-2,5-7,10H2. The van der Waals surface area contributed by atoms with E-state index in [2.05, 4.69) is 20.9 Å². The van der Waals surface area contributed by atoms with E-state index in [1.165, 1.54) is 12.6 Å². The van der Waals surface area contributed by atoms with E-state index in [0.29, 0.717) is 17.2 Å². The Balaban J connectivity index is 2.04. The second-order valence-corrected chi connectivity index (χ2v) is 5.57. The lowest BCUT2D eigenvalue weighted by Gasteiger charge is -2.32. The summed E-state index contributed by atoms with van der Waals surface area (Å²) in [6.07, 6.45) is 4.80. The van der Waals surface area contributed by atoms with E-state index >= 15 is 0 Å². The predicted octanol–water partition coefficient (Wildman–Crippen LogP) is 2.59. The van der Waals surface area contributed by atoms with Crippen molar-refractivity contribution in [1.82, 2.24) is 9.88 Å². The number of likely N-dealkylation sites (tertiary alicyclic amines) is 1. The van der Waals surface area contributed by atoms with Crippen LogP contribution in [0.4, 0.5) is 0 Å². The van der Waals surface area contributed by atoms with E-state index in [0.717, 1.165) is 31.3 Å². The highest BCUT2D eigenvalue weighted by Crippen LogP contribution is 2.21. The molecule has 1 aromatic rings. The van der Waals surface area contributed by atoms with E-state index < -0.39 is 0 Å². The van der Waals surface area contributed by atoms with Gasteiger partial charge >= 0.3 is 0 Å². The second-order valence-electron chi connectivity index (χ2n) is 4.78. The van der Waals surface area contributed by atoms with E-state index in [-0.39, 0.29) is 5.91 Å². The highest BCUT2D eigenvalue weighted by molar-refractivity contribution is 9.09. The molecule has 0 aliphatic carbocycles. The van der Waals surface area contributed by atoms with Crippen LogP contribution in [0.3, 0.4) is 0 Å². The maximum Gasteiger partial charge on any atom is 0.272 e. The van der Waals surface area contributed by atoms with Crippen LogP contribution in [0.25, 0.3) is 0 Å². The minimum absolute atomic E-state index is 0.0243. The molecule has 5 heteroatoms. The van der Waals surface area contributed by atoms with E-state index in [1.54, 1.807) is 12.1 Å². The smallest absolute Gasteiger partial charge is 0.272 e. The summed E-state index contributed by atoms with van der Waals surface area (Å²) < 4.78 is 0. The van der Waals surface area contributed by atoms with Gasteiger partial charge in [0.05, 0.1) is 5.56 Å². The zero-order valence-corrected chi connectivity index (χ0v) is 12.3. The fraction of sp³-hybridized carbons (Fsp3) is 0.500. The molecule has 1 aromatic heterocycles. The molecule has 0 radical (unpaired) electrons. The fourth-order valence-electron chi connectivity index (χ4n) is 2.39. The SMILES string of the molecule is N#Cc1ccc(C(=O)N2CCCC(CCBr)C2)nc1. The number of carbonyl (C=O) groups excluding carboxylic acids is 1. The van der Waals surface area contributed by atoms with Gasteiger partial charge in [0, 0.05) is 24.6 Å². The molecule has 2 rings (SSSR count). The molecule has 4 nitrogen and oxygen atoms in total. The summed E-state index contributed by atoms with van der Waals surface area (Å²) in [6.45, 7) is 1.62. The first-order valence-corrected chi connectivity index (χ1v) is 7.58. The number of halogens is 1. The number of amides is 1. The van der Waals surface area contributed by atoms with Crippen LogP contribution in [0.5, 0.6) is 0 Å². The summed E-state index contributed by atoms with van der Waals surface area (Å²) in [4.78, 5) is 18.3. The Kier molecular flexibility index (Phi) is 4.92. The number of rotatable bonds is 3. The average Bonchev–Trinajstić information content (AvgIpc) is 2.47. The van der Waals surface area contributed by atoms with E-state index in [1.807, 2.05) is 11.0 Å². The summed E-state index contributed by atoms with van der Waals surface area (Å²) in [6, 6.07) is 5.28. The zero-order chi connectivity index (χ0) is 13.7. The molecule has 0 spiro atoms. The highest BCUT2D eigenvalue weighted by Gasteiger charge is 2.24. The molecule has 1 atom stereocenters. The molecule has 2 heterocycles. The van der Waals surface area contributed by atoms with Crippen molar-refractivity contribution in [3.05, 3.63) is 29.6 Å². The van der Waals surface area contributed by atoms with Gasteiger partial charge < -0.3 is 4.90 Å². The first-order chi connectivity index (χ1) is 9.24. The molecular formula is C14H16BrN3O. The lowest BCUT2D eigenvalue weighted by Crippen LogP contribution is -2.40. The first-order valence-electron chi connectivity index (χ1n) is 6.46. The Hall–Kier alpha value is -1.41. The minimum atomic E-state index is -0.0243. The first kappa shape index (κ1) is 14.0. The number of aromatic nitrogens is 1. The van der Waals surface area contributed by atoms with Gasteiger partial charge in [-0.25, -0.2) is 4.98 Å². The molecule has 100 valence electrons. The summed E-state index contributed by atoms with van der Waals surface area (Å²) >= 11 is 3.46. The van der Waals surface area contributed by atoms with Gasteiger partial charge in [-0.15, -0.1) is 0 Å². The van der Waals surface area contributed by atoms with Gasteiger partial charge in [0.2, 0.25) is 0 Å². The van der Waals surface area contributed by atoms with Gasteiger partial charge in [-0.2, -0.15) is 5.26 Å². The van der Waals surface area contributed by atoms with Crippen LogP contribution in [0, 0.1) is 17.2 Å². The van der Waals surface area contributed by atoms with Gasteiger partial charge in [0.15, 0.2) is 0 Å². The van der Waals surface area contributed by atoms with Gasteiger partial charge in [0.25, 0.3) is 5.91 Å². The van der Waals surface area contributed by atoms with Crippen LogP contribution in [-0.4, -0.2) is 34.2 Å². The summed E-state index contributed by atoms with van der Waals surface area (Å²) in [7, 11) is 0. The van der Waals surface area contributed by atoms with Crippen molar-refractivity contribution in [3.8, 4) is 6.07 Å². The molecule has 0 aromatic carbocycles. The van der Waals surface area contributed by atoms with Crippen LogP contribution in [-0.2, 0) is 0 Å². The van der Waals surface area contributed by atoms with E-state index in [9.17, 15) is 4.79 Å². The molecule has 1 fully saturated rings. The lowest BCUT2D eigenvalue weighted by molar-refractivity contribution is 0.0666. The molecule has 1 aliphatic heterocycles. The van der Waals surface area contributed by atoms with Crippen LogP contribution >= 0.6 is 15.9 Å². The molecule has 0 N–H and O–H groups in total. The van der Waals surface area contributed by atoms with Crippen LogP contribution in [0.15, 0.2) is 18.3 Å². The lowest BCUT2D eigenvalue weighted by atomic mass is 9.95. The Morgan fingerprint density at radius 2 is 2.42 bits per heavy atom. The molecule has 1 aliphatic rings. The molecule has 1 unspecified atom stereocenters. The van der Waals surface area contributed by atoms with Crippen molar-refractivity contribution in [2.24, 2.45) is 5.92 Å². The third-order valence-corrected chi connectivity index (χ3v) is 3.89. The fourth-order valence-corrected chi connectivity index (χ4v) is 3.04. The zero-order valence-electron chi connectivity index (χ0n) is 10.7. The van der Waals surface area contributed by atoms with Gasteiger partial charge in [-0.1, -0.05) is 15.9 Å². The largest absolute Gasteiger partial charge is 0.337 e. The van der Waals surface area contributed by atoms with Crippen molar-refractivity contribution in [2.75, 3.05) is 18.4 Å². The van der Waals surface area contributed by atoms with Crippen LogP contribution < -0.4 is 0 Å². The van der Waals surface area contributed by atoms with Gasteiger partial charge in [0.1, 0.15) is 11.8 Å². The molecule has 1 amide bonds. The average molecular weight is 322 g/mol. The number of carbonyl (C=O) groups is 1.